The number of hydrogen-bond donors (Lipinski definition) is 4. The molecule has 1 amide bonds. The number of aromatic nitrogens is 1. The second-order valence-corrected chi connectivity index (χ2v) is 9.36. The lowest BCUT2D eigenvalue weighted by Crippen LogP contribution is -2.41. The van der Waals surface area contributed by atoms with E-state index in [0.29, 0.717) is 17.8 Å². The minimum absolute atomic E-state index is 0.00747. The third-order valence-electron chi connectivity index (χ3n) is 7.09. The summed E-state index contributed by atoms with van der Waals surface area (Å²) in [7, 11) is 1.66. The Labute approximate surface area is 204 Å². The number of nitrogens with two attached hydrogens (primary N) is 2. The molecule has 7 nitrogen and oxygen atoms in total. The SMILES string of the molecule is COc1ccc2ccccc2c1Cn1c(C(=O)NC2CCC(N)CC2)cc2ccc(C(=N)N)cc21. The zero-order valence-electron chi connectivity index (χ0n) is 19.9. The Morgan fingerprint density at radius 1 is 1.06 bits per heavy atom. The first-order valence-corrected chi connectivity index (χ1v) is 12.0. The van der Waals surface area contributed by atoms with E-state index >= 15 is 0 Å². The van der Waals surface area contributed by atoms with E-state index in [1.807, 2.05) is 53.1 Å². The van der Waals surface area contributed by atoms with Gasteiger partial charge in [0.1, 0.15) is 17.3 Å². The molecule has 35 heavy (non-hydrogen) atoms. The Morgan fingerprint density at radius 2 is 1.80 bits per heavy atom. The highest BCUT2D eigenvalue weighted by Gasteiger charge is 2.24. The summed E-state index contributed by atoms with van der Waals surface area (Å²) >= 11 is 0. The first-order valence-electron chi connectivity index (χ1n) is 12.0. The second-order valence-electron chi connectivity index (χ2n) is 9.36. The summed E-state index contributed by atoms with van der Waals surface area (Å²) in [6.07, 6.45) is 3.61. The van der Waals surface area contributed by atoms with Gasteiger partial charge in [0.2, 0.25) is 0 Å². The van der Waals surface area contributed by atoms with Gasteiger partial charge < -0.3 is 26.1 Å². The molecule has 1 aliphatic rings. The van der Waals surface area contributed by atoms with Gasteiger partial charge in [-0.3, -0.25) is 10.2 Å². The average Bonchev–Trinajstić information content (AvgIpc) is 3.23. The Balaban J connectivity index is 1.62. The van der Waals surface area contributed by atoms with Gasteiger partial charge in [-0.05, 0) is 54.7 Å². The summed E-state index contributed by atoms with van der Waals surface area (Å²) in [5, 5.41) is 14.2. The van der Waals surface area contributed by atoms with E-state index in [4.69, 9.17) is 21.6 Å². The molecule has 5 rings (SSSR count). The molecule has 1 heterocycles. The van der Waals surface area contributed by atoms with Crippen molar-refractivity contribution in [1.82, 2.24) is 9.88 Å². The quantitative estimate of drug-likeness (QED) is 0.251. The Hall–Kier alpha value is -3.84. The fraction of sp³-hybridized carbons (Fsp3) is 0.286. The molecule has 0 spiro atoms. The molecule has 1 aliphatic carbocycles. The smallest absolute Gasteiger partial charge is 0.268 e. The average molecular weight is 470 g/mol. The second kappa shape index (κ2) is 9.43. The van der Waals surface area contributed by atoms with Crippen LogP contribution in [0.1, 0.15) is 47.3 Å². The van der Waals surface area contributed by atoms with Gasteiger partial charge in [0.05, 0.1) is 13.7 Å². The number of rotatable bonds is 6. The van der Waals surface area contributed by atoms with Crippen LogP contribution in [0.15, 0.2) is 60.7 Å². The van der Waals surface area contributed by atoms with E-state index in [0.717, 1.165) is 58.7 Å². The minimum Gasteiger partial charge on any atom is -0.496 e. The van der Waals surface area contributed by atoms with Gasteiger partial charge >= 0.3 is 0 Å². The number of benzene rings is 3. The molecule has 0 saturated heterocycles. The zero-order chi connectivity index (χ0) is 24.5. The molecule has 1 fully saturated rings. The molecular formula is C28H31N5O2. The van der Waals surface area contributed by atoms with Crippen molar-refractivity contribution >= 4 is 33.4 Å². The standard InChI is InChI=1S/C28H31N5O2/c1-35-26-13-8-17-4-2-3-5-22(17)23(26)16-33-24-15-19(27(30)31)7-6-18(24)14-25(33)28(34)32-21-11-9-20(29)10-12-21/h2-8,13-15,20-21H,9-12,16,29H2,1H3,(H3,30,31)(H,32,34). The largest absolute Gasteiger partial charge is 0.496 e. The van der Waals surface area contributed by atoms with Gasteiger partial charge in [-0.25, -0.2) is 0 Å². The highest BCUT2D eigenvalue weighted by molar-refractivity contribution is 6.02. The van der Waals surface area contributed by atoms with Crippen molar-refractivity contribution in [2.24, 2.45) is 11.5 Å². The predicted molar refractivity (Wildman–Crippen MR) is 140 cm³/mol. The van der Waals surface area contributed by atoms with Crippen molar-refractivity contribution in [3.05, 3.63) is 77.5 Å². The molecule has 4 aromatic rings. The fourth-order valence-electron chi connectivity index (χ4n) is 5.13. The normalized spacial score (nSPS) is 18.0. The lowest BCUT2D eigenvalue weighted by atomic mass is 9.92. The van der Waals surface area contributed by atoms with Crippen LogP contribution in [0.3, 0.4) is 0 Å². The van der Waals surface area contributed by atoms with Gasteiger partial charge in [-0.15, -0.1) is 0 Å². The van der Waals surface area contributed by atoms with E-state index in [-0.39, 0.29) is 23.8 Å². The van der Waals surface area contributed by atoms with Crippen LogP contribution >= 0.6 is 0 Å². The van der Waals surface area contributed by atoms with E-state index in [1.54, 1.807) is 7.11 Å². The third-order valence-corrected chi connectivity index (χ3v) is 7.09. The van der Waals surface area contributed by atoms with Crippen molar-refractivity contribution in [3.63, 3.8) is 0 Å². The minimum atomic E-state index is -0.106. The number of carbonyl (C=O) groups is 1. The maximum absolute atomic E-state index is 13.6. The van der Waals surface area contributed by atoms with E-state index in [2.05, 4.69) is 17.4 Å². The number of ether oxygens (including phenoxy) is 1. The first kappa shape index (κ1) is 22.9. The topological polar surface area (TPSA) is 119 Å². The molecule has 0 atom stereocenters. The Kier molecular flexibility index (Phi) is 6.17. The molecule has 1 saturated carbocycles. The number of fused-ring (bicyclic) bond motifs is 2. The maximum atomic E-state index is 13.6. The van der Waals surface area contributed by atoms with Crippen LogP contribution in [0, 0.1) is 5.41 Å². The van der Waals surface area contributed by atoms with Crippen molar-refractivity contribution in [1.29, 1.82) is 5.41 Å². The van der Waals surface area contributed by atoms with Gasteiger partial charge in [-0.1, -0.05) is 42.5 Å². The lowest BCUT2D eigenvalue weighted by molar-refractivity contribution is 0.0917. The zero-order valence-corrected chi connectivity index (χ0v) is 19.9. The summed E-state index contributed by atoms with van der Waals surface area (Å²) in [4.78, 5) is 13.6. The highest BCUT2D eigenvalue weighted by atomic mass is 16.5. The van der Waals surface area contributed by atoms with E-state index in [9.17, 15) is 4.79 Å². The number of nitrogen functional groups attached to an aromatic ring is 1. The first-order chi connectivity index (χ1) is 16.9. The van der Waals surface area contributed by atoms with E-state index in [1.165, 1.54) is 0 Å². The van der Waals surface area contributed by atoms with Crippen molar-refractivity contribution in [2.75, 3.05) is 7.11 Å². The monoisotopic (exact) mass is 469 g/mol. The predicted octanol–water partition coefficient (Wildman–Crippen LogP) is 4.14. The summed E-state index contributed by atoms with van der Waals surface area (Å²) in [6.45, 7) is 0.438. The number of carbonyl (C=O) groups excluding carboxylic acids is 1. The number of amides is 1. The summed E-state index contributed by atoms with van der Waals surface area (Å²) < 4.78 is 7.74. The van der Waals surface area contributed by atoms with Crippen LogP contribution in [0.25, 0.3) is 21.7 Å². The Bertz CT molecular complexity index is 1420. The molecule has 7 heteroatoms. The lowest BCUT2D eigenvalue weighted by Gasteiger charge is -2.27. The van der Waals surface area contributed by atoms with Gasteiger partial charge in [-0.2, -0.15) is 0 Å². The Morgan fingerprint density at radius 3 is 2.54 bits per heavy atom. The van der Waals surface area contributed by atoms with Crippen molar-refractivity contribution in [3.8, 4) is 5.75 Å². The van der Waals surface area contributed by atoms with Gasteiger partial charge in [0.25, 0.3) is 5.91 Å². The molecule has 180 valence electrons. The number of methoxy groups -OCH3 is 1. The van der Waals surface area contributed by atoms with E-state index < -0.39 is 0 Å². The molecule has 6 N–H and O–H groups in total. The van der Waals surface area contributed by atoms with Crippen molar-refractivity contribution < 1.29 is 9.53 Å². The van der Waals surface area contributed by atoms with Crippen LogP contribution in [-0.4, -0.2) is 35.5 Å². The van der Waals surface area contributed by atoms with Gasteiger partial charge in [0.15, 0.2) is 0 Å². The molecule has 1 aromatic heterocycles. The number of nitrogens with one attached hydrogen (secondary N) is 2. The van der Waals surface area contributed by atoms with Gasteiger partial charge in [0, 0.05) is 34.1 Å². The maximum Gasteiger partial charge on any atom is 0.268 e. The molecule has 0 radical (unpaired) electrons. The summed E-state index contributed by atoms with van der Waals surface area (Å²) in [5.41, 5.74) is 14.9. The summed E-state index contributed by atoms with van der Waals surface area (Å²) in [5.74, 6) is 0.651. The number of amidine groups is 1. The third kappa shape index (κ3) is 4.47. The van der Waals surface area contributed by atoms with Crippen molar-refractivity contribution in [2.45, 2.75) is 44.3 Å². The number of nitrogens with zero attached hydrogens (tertiary/aromatic N) is 1. The van der Waals surface area contributed by atoms with Crippen LogP contribution in [0.4, 0.5) is 0 Å². The molecule has 0 bridgehead atoms. The highest BCUT2D eigenvalue weighted by Crippen LogP contribution is 2.31. The molecule has 0 unspecified atom stereocenters. The van der Waals surface area contributed by atoms with Crippen LogP contribution in [0.2, 0.25) is 0 Å². The van der Waals surface area contributed by atoms with Crippen LogP contribution < -0.4 is 21.5 Å². The summed E-state index contributed by atoms with van der Waals surface area (Å²) in [6, 6.07) is 20.0. The molecule has 3 aromatic carbocycles. The van der Waals surface area contributed by atoms with Crippen LogP contribution in [-0.2, 0) is 6.54 Å². The number of hydrogen-bond acceptors (Lipinski definition) is 4. The fourth-order valence-corrected chi connectivity index (χ4v) is 5.13. The van der Waals surface area contributed by atoms with Crippen LogP contribution in [0.5, 0.6) is 5.75 Å². The molecular weight excluding hydrogens is 438 g/mol. The molecule has 0 aliphatic heterocycles.